The Morgan fingerprint density at radius 2 is 2.03 bits per heavy atom. The second-order valence-corrected chi connectivity index (χ2v) is 8.33. The Morgan fingerprint density at radius 3 is 2.79 bits per heavy atom. The molecule has 29 heavy (non-hydrogen) atoms. The quantitative estimate of drug-likeness (QED) is 0.728. The zero-order chi connectivity index (χ0) is 19.8. The molecule has 0 radical (unpaired) electrons. The molecule has 2 fully saturated rings. The standard InChI is InChI=1S/C21H29N5O3/c1-2-26-20-17(13-23-26)19(24-14-5-9-28-10-6-14)16(12-22-20)18-11-21(29-25-18)7-3-15(27)4-8-21/h11-15,25,27H,2-10H2,1H3,(H,22,24). The van der Waals surface area contributed by atoms with Gasteiger partial charge in [-0.1, -0.05) is 0 Å². The van der Waals surface area contributed by atoms with Gasteiger partial charge in [-0.3, -0.25) is 10.3 Å². The highest BCUT2D eigenvalue weighted by molar-refractivity contribution is 5.95. The van der Waals surface area contributed by atoms with E-state index >= 15 is 0 Å². The monoisotopic (exact) mass is 399 g/mol. The lowest BCUT2D eigenvalue weighted by atomic mass is 9.83. The molecule has 156 valence electrons. The van der Waals surface area contributed by atoms with Crippen molar-refractivity contribution in [3.63, 3.8) is 0 Å². The van der Waals surface area contributed by atoms with Gasteiger partial charge in [0, 0.05) is 37.6 Å². The minimum Gasteiger partial charge on any atom is -0.393 e. The minimum atomic E-state index is -0.340. The first-order valence-corrected chi connectivity index (χ1v) is 10.7. The molecular weight excluding hydrogens is 370 g/mol. The van der Waals surface area contributed by atoms with E-state index in [4.69, 9.17) is 14.6 Å². The van der Waals surface area contributed by atoms with E-state index in [2.05, 4.69) is 28.9 Å². The number of aromatic nitrogens is 3. The molecule has 0 aromatic carbocycles. The minimum absolute atomic E-state index is 0.217. The molecule has 8 nitrogen and oxygen atoms in total. The van der Waals surface area contributed by atoms with E-state index in [0.717, 1.165) is 86.3 Å². The van der Waals surface area contributed by atoms with Gasteiger partial charge in [-0.2, -0.15) is 5.10 Å². The van der Waals surface area contributed by atoms with Crippen LogP contribution in [0.3, 0.4) is 0 Å². The van der Waals surface area contributed by atoms with E-state index in [0.29, 0.717) is 6.04 Å². The summed E-state index contributed by atoms with van der Waals surface area (Å²) in [6.45, 7) is 4.42. The number of nitrogens with zero attached hydrogens (tertiary/aromatic N) is 3. The largest absolute Gasteiger partial charge is 0.393 e. The predicted molar refractivity (Wildman–Crippen MR) is 110 cm³/mol. The number of ether oxygens (including phenoxy) is 1. The Hall–Kier alpha value is -2.16. The van der Waals surface area contributed by atoms with Gasteiger partial charge in [0.15, 0.2) is 5.65 Å². The zero-order valence-corrected chi connectivity index (χ0v) is 16.9. The van der Waals surface area contributed by atoms with Crippen molar-refractivity contribution >= 4 is 22.4 Å². The summed E-state index contributed by atoms with van der Waals surface area (Å²) in [7, 11) is 0. The summed E-state index contributed by atoms with van der Waals surface area (Å²) >= 11 is 0. The molecule has 2 aromatic rings. The summed E-state index contributed by atoms with van der Waals surface area (Å²) in [5.74, 6) is 0. The number of hydrogen-bond donors (Lipinski definition) is 3. The van der Waals surface area contributed by atoms with Crippen LogP contribution in [-0.4, -0.2) is 50.8 Å². The van der Waals surface area contributed by atoms with Gasteiger partial charge in [-0.15, -0.1) is 0 Å². The van der Waals surface area contributed by atoms with Crippen molar-refractivity contribution in [1.29, 1.82) is 0 Å². The lowest BCUT2D eigenvalue weighted by Gasteiger charge is -2.31. The lowest BCUT2D eigenvalue weighted by Crippen LogP contribution is -2.36. The van der Waals surface area contributed by atoms with Crippen molar-refractivity contribution in [2.75, 3.05) is 18.5 Å². The van der Waals surface area contributed by atoms with E-state index in [1.807, 2.05) is 17.1 Å². The van der Waals surface area contributed by atoms with Gasteiger partial charge in [0.2, 0.25) is 0 Å². The van der Waals surface area contributed by atoms with Gasteiger partial charge in [0.05, 0.1) is 29.1 Å². The Bertz CT molecular complexity index is 910. The van der Waals surface area contributed by atoms with Crippen LogP contribution in [0.25, 0.3) is 16.7 Å². The molecule has 2 aromatic heterocycles. The molecule has 3 aliphatic rings. The molecule has 0 unspecified atom stereocenters. The number of rotatable bonds is 4. The summed E-state index contributed by atoms with van der Waals surface area (Å²) in [6.07, 6.45) is 10.9. The number of anilines is 1. The molecule has 1 spiro atoms. The maximum atomic E-state index is 9.87. The molecular formula is C21H29N5O3. The molecule has 1 saturated carbocycles. The third-order valence-electron chi connectivity index (χ3n) is 6.40. The highest BCUT2D eigenvalue weighted by atomic mass is 16.7. The maximum Gasteiger partial charge on any atom is 0.159 e. The summed E-state index contributed by atoms with van der Waals surface area (Å²) in [6, 6.07) is 0.361. The molecule has 4 heterocycles. The van der Waals surface area contributed by atoms with Crippen LogP contribution in [0, 0.1) is 0 Å². The SMILES string of the molecule is CCn1ncc2c(NC3CCOCC3)c(C3=CC4(CCC(O)CC4)ON3)cnc21. The van der Waals surface area contributed by atoms with Crippen LogP contribution in [0.4, 0.5) is 5.69 Å². The fraction of sp³-hybridized carbons (Fsp3) is 0.619. The van der Waals surface area contributed by atoms with Crippen molar-refractivity contribution in [1.82, 2.24) is 20.2 Å². The first kappa shape index (κ1) is 18.8. The number of aliphatic hydroxyl groups is 1. The molecule has 0 atom stereocenters. The topological polar surface area (TPSA) is 93.5 Å². The molecule has 2 aliphatic heterocycles. The number of aliphatic hydroxyl groups excluding tert-OH is 1. The molecule has 1 aliphatic carbocycles. The maximum absolute atomic E-state index is 9.87. The molecule has 1 saturated heterocycles. The summed E-state index contributed by atoms with van der Waals surface area (Å²) in [5, 5.41) is 19.2. The van der Waals surface area contributed by atoms with Gasteiger partial charge < -0.3 is 15.2 Å². The Balaban J connectivity index is 1.53. The van der Waals surface area contributed by atoms with Crippen molar-refractivity contribution in [3.05, 3.63) is 24.0 Å². The Labute approximate surface area is 170 Å². The van der Waals surface area contributed by atoms with Crippen LogP contribution >= 0.6 is 0 Å². The zero-order valence-electron chi connectivity index (χ0n) is 16.9. The fourth-order valence-electron chi connectivity index (χ4n) is 4.61. The summed E-state index contributed by atoms with van der Waals surface area (Å²) in [5.41, 5.74) is 6.70. The van der Waals surface area contributed by atoms with Crippen molar-refractivity contribution in [3.8, 4) is 0 Å². The van der Waals surface area contributed by atoms with Crippen LogP contribution in [0.5, 0.6) is 0 Å². The van der Waals surface area contributed by atoms with E-state index in [1.165, 1.54) is 0 Å². The van der Waals surface area contributed by atoms with E-state index in [1.54, 1.807) is 0 Å². The molecule has 0 bridgehead atoms. The predicted octanol–water partition coefficient (Wildman–Crippen LogP) is 2.59. The van der Waals surface area contributed by atoms with E-state index < -0.39 is 0 Å². The smallest absolute Gasteiger partial charge is 0.159 e. The highest BCUT2D eigenvalue weighted by Gasteiger charge is 2.39. The average Bonchev–Trinajstić information content (AvgIpc) is 3.36. The number of aryl methyl sites for hydroxylation is 1. The van der Waals surface area contributed by atoms with Crippen molar-refractivity contribution in [2.45, 2.75) is 69.7 Å². The van der Waals surface area contributed by atoms with E-state index in [-0.39, 0.29) is 11.7 Å². The van der Waals surface area contributed by atoms with Crippen LogP contribution in [-0.2, 0) is 16.1 Å². The third kappa shape index (κ3) is 3.49. The normalized spacial score (nSPS) is 27.9. The number of hydrogen-bond acceptors (Lipinski definition) is 7. The van der Waals surface area contributed by atoms with Gasteiger partial charge in [0.25, 0.3) is 0 Å². The first-order chi connectivity index (χ1) is 14.2. The fourth-order valence-corrected chi connectivity index (χ4v) is 4.61. The van der Waals surface area contributed by atoms with Crippen LogP contribution in [0.15, 0.2) is 18.5 Å². The Morgan fingerprint density at radius 1 is 1.24 bits per heavy atom. The van der Waals surface area contributed by atoms with Gasteiger partial charge in [-0.25, -0.2) is 9.67 Å². The second kappa shape index (κ2) is 7.59. The van der Waals surface area contributed by atoms with Crippen LogP contribution in [0.1, 0.15) is 51.0 Å². The number of hydroxylamine groups is 1. The number of pyridine rings is 1. The molecule has 5 rings (SSSR count). The Kier molecular flexibility index (Phi) is 4.93. The number of fused-ring (bicyclic) bond motifs is 1. The van der Waals surface area contributed by atoms with Crippen LogP contribution < -0.4 is 10.8 Å². The van der Waals surface area contributed by atoms with Gasteiger partial charge >= 0.3 is 0 Å². The van der Waals surface area contributed by atoms with Crippen LogP contribution in [0.2, 0.25) is 0 Å². The summed E-state index contributed by atoms with van der Waals surface area (Å²) in [4.78, 5) is 10.7. The molecule has 0 amide bonds. The van der Waals surface area contributed by atoms with Crippen molar-refractivity contribution < 1.29 is 14.7 Å². The number of nitrogens with one attached hydrogen (secondary N) is 2. The third-order valence-corrected chi connectivity index (χ3v) is 6.40. The van der Waals surface area contributed by atoms with E-state index in [9.17, 15) is 5.11 Å². The molecule has 3 N–H and O–H groups in total. The van der Waals surface area contributed by atoms with Gasteiger partial charge in [0.1, 0.15) is 5.60 Å². The lowest BCUT2D eigenvalue weighted by molar-refractivity contribution is -0.0743. The highest BCUT2D eigenvalue weighted by Crippen LogP contribution is 2.40. The van der Waals surface area contributed by atoms with Gasteiger partial charge in [-0.05, 0) is 51.5 Å². The average molecular weight is 399 g/mol. The van der Waals surface area contributed by atoms with Crippen molar-refractivity contribution in [2.24, 2.45) is 0 Å². The second-order valence-electron chi connectivity index (χ2n) is 8.33. The first-order valence-electron chi connectivity index (χ1n) is 10.7. The summed E-state index contributed by atoms with van der Waals surface area (Å²) < 4.78 is 7.45. The molecule has 8 heteroatoms.